The third-order valence-electron chi connectivity index (χ3n) is 2.77. The molecule has 0 atom stereocenters. The molecule has 0 radical (unpaired) electrons. The lowest BCUT2D eigenvalue weighted by Gasteiger charge is -2.09. The van der Waals surface area contributed by atoms with Gasteiger partial charge in [-0.25, -0.2) is 13.2 Å². The number of ketones is 1. The number of nitrogen functional groups attached to an aromatic ring is 1. The standard InChI is InChI=1S/C14H10F3NO/c1-7-3-2-4-11(18)12(7)14(19)13-9(16)5-8(15)6-10(13)17/h2-6H,18H2,1H3. The zero-order valence-electron chi connectivity index (χ0n) is 10.0. The maximum absolute atomic E-state index is 13.6. The third-order valence-corrected chi connectivity index (χ3v) is 2.77. The summed E-state index contributed by atoms with van der Waals surface area (Å²) in [4.78, 5) is 12.2. The lowest BCUT2D eigenvalue weighted by molar-refractivity contribution is 0.103. The summed E-state index contributed by atoms with van der Waals surface area (Å²) in [5.41, 5.74) is 5.48. The van der Waals surface area contributed by atoms with Gasteiger partial charge in [0.15, 0.2) is 0 Å². The Kier molecular flexibility index (Phi) is 3.29. The number of halogens is 3. The lowest BCUT2D eigenvalue weighted by atomic mass is 9.96. The highest BCUT2D eigenvalue weighted by molar-refractivity contribution is 6.13. The van der Waals surface area contributed by atoms with Crippen LogP contribution in [0.3, 0.4) is 0 Å². The average molecular weight is 265 g/mol. The van der Waals surface area contributed by atoms with Crippen LogP contribution in [0.25, 0.3) is 0 Å². The van der Waals surface area contributed by atoms with Crippen molar-refractivity contribution in [1.29, 1.82) is 0 Å². The van der Waals surface area contributed by atoms with E-state index in [4.69, 9.17) is 5.73 Å². The minimum Gasteiger partial charge on any atom is -0.398 e. The molecule has 0 spiro atoms. The van der Waals surface area contributed by atoms with Crippen LogP contribution in [0.5, 0.6) is 0 Å². The van der Waals surface area contributed by atoms with E-state index in [0.29, 0.717) is 17.7 Å². The van der Waals surface area contributed by atoms with Crippen LogP contribution in [0, 0.1) is 24.4 Å². The predicted molar refractivity (Wildman–Crippen MR) is 65.3 cm³/mol. The van der Waals surface area contributed by atoms with Crippen LogP contribution < -0.4 is 5.73 Å². The van der Waals surface area contributed by atoms with Crippen LogP contribution in [-0.4, -0.2) is 5.78 Å². The number of anilines is 1. The number of aryl methyl sites for hydroxylation is 1. The molecular weight excluding hydrogens is 255 g/mol. The number of benzene rings is 2. The van der Waals surface area contributed by atoms with Gasteiger partial charge >= 0.3 is 0 Å². The van der Waals surface area contributed by atoms with Gasteiger partial charge in [0.05, 0.1) is 5.56 Å². The zero-order chi connectivity index (χ0) is 14.2. The molecule has 2 nitrogen and oxygen atoms in total. The predicted octanol–water partition coefficient (Wildman–Crippen LogP) is 3.23. The van der Waals surface area contributed by atoms with Crippen molar-refractivity contribution in [1.82, 2.24) is 0 Å². The Balaban J connectivity index is 2.64. The molecule has 2 N–H and O–H groups in total. The van der Waals surface area contributed by atoms with Crippen molar-refractivity contribution in [3.8, 4) is 0 Å². The van der Waals surface area contributed by atoms with E-state index in [0.717, 1.165) is 0 Å². The van der Waals surface area contributed by atoms with Gasteiger partial charge in [0.1, 0.15) is 17.5 Å². The van der Waals surface area contributed by atoms with Crippen LogP contribution in [-0.2, 0) is 0 Å². The molecule has 0 fully saturated rings. The topological polar surface area (TPSA) is 43.1 Å². The summed E-state index contributed by atoms with van der Waals surface area (Å²) in [6.45, 7) is 1.60. The lowest BCUT2D eigenvalue weighted by Crippen LogP contribution is -2.12. The number of carbonyl (C=O) groups is 1. The van der Waals surface area contributed by atoms with Crippen molar-refractivity contribution in [2.75, 3.05) is 5.73 Å². The summed E-state index contributed by atoms with van der Waals surface area (Å²) in [6.07, 6.45) is 0. The molecule has 0 aliphatic heterocycles. The Morgan fingerprint density at radius 3 is 2.16 bits per heavy atom. The van der Waals surface area contributed by atoms with E-state index in [-0.39, 0.29) is 11.3 Å². The number of nitrogens with two attached hydrogens (primary N) is 1. The van der Waals surface area contributed by atoms with Gasteiger partial charge in [-0.3, -0.25) is 4.79 Å². The second kappa shape index (κ2) is 4.76. The number of rotatable bonds is 2. The Labute approximate surface area is 107 Å². The largest absolute Gasteiger partial charge is 0.398 e. The Morgan fingerprint density at radius 1 is 1.05 bits per heavy atom. The third kappa shape index (κ3) is 2.31. The van der Waals surface area contributed by atoms with Crippen molar-refractivity contribution in [2.24, 2.45) is 0 Å². The van der Waals surface area contributed by atoms with Crippen LogP contribution >= 0.6 is 0 Å². The fourth-order valence-corrected chi connectivity index (χ4v) is 1.88. The first kappa shape index (κ1) is 13.1. The second-order valence-corrected chi connectivity index (χ2v) is 4.11. The van der Waals surface area contributed by atoms with Crippen molar-refractivity contribution < 1.29 is 18.0 Å². The van der Waals surface area contributed by atoms with Crippen LogP contribution in [0.4, 0.5) is 18.9 Å². The minimum atomic E-state index is -1.25. The highest BCUT2D eigenvalue weighted by atomic mass is 19.1. The molecule has 0 saturated carbocycles. The molecular formula is C14H10F3NO. The molecule has 0 aromatic heterocycles. The smallest absolute Gasteiger partial charge is 0.201 e. The molecule has 0 bridgehead atoms. The van der Waals surface area contributed by atoms with E-state index < -0.39 is 28.8 Å². The summed E-state index contributed by atoms with van der Waals surface area (Å²) >= 11 is 0. The van der Waals surface area contributed by atoms with Gasteiger partial charge in [-0.1, -0.05) is 12.1 Å². The molecule has 0 saturated heterocycles. The summed E-state index contributed by atoms with van der Waals surface area (Å²) in [6, 6.07) is 5.61. The van der Waals surface area contributed by atoms with Gasteiger partial charge < -0.3 is 5.73 Å². The molecule has 2 aromatic rings. The highest BCUT2D eigenvalue weighted by Crippen LogP contribution is 2.24. The van der Waals surface area contributed by atoms with Crippen molar-refractivity contribution in [3.05, 3.63) is 64.5 Å². The fourth-order valence-electron chi connectivity index (χ4n) is 1.88. The van der Waals surface area contributed by atoms with Crippen molar-refractivity contribution in [3.63, 3.8) is 0 Å². The minimum absolute atomic E-state index is 0.0203. The first-order valence-electron chi connectivity index (χ1n) is 5.46. The molecule has 5 heteroatoms. The maximum atomic E-state index is 13.6. The first-order valence-corrected chi connectivity index (χ1v) is 5.46. The van der Waals surface area contributed by atoms with Gasteiger partial charge in [0, 0.05) is 23.4 Å². The maximum Gasteiger partial charge on any atom is 0.201 e. The molecule has 0 aliphatic carbocycles. The Morgan fingerprint density at radius 2 is 1.63 bits per heavy atom. The molecule has 0 heterocycles. The van der Waals surface area contributed by atoms with Gasteiger partial charge in [0.2, 0.25) is 5.78 Å². The van der Waals surface area contributed by atoms with E-state index in [1.165, 1.54) is 6.07 Å². The van der Waals surface area contributed by atoms with Crippen LogP contribution in [0.1, 0.15) is 21.5 Å². The monoisotopic (exact) mass is 265 g/mol. The summed E-state index contributed by atoms with van der Waals surface area (Å²) < 4.78 is 40.0. The number of hydrogen-bond acceptors (Lipinski definition) is 2. The Hall–Kier alpha value is -2.30. The second-order valence-electron chi connectivity index (χ2n) is 4.11. The number of carbonyl (C=O) groups excluding carboxylic acids is 1. The summed E-state index contributed by atoms with van der Waals surface area (Å²) in [5, 5.41) is 0. The van der Waals surface area contributed by atoms with E-state index in [1.54, 1.807) is 19.1 Å². The van der Waals surface area contributed by atoms with Gasteiger partial charge in [-0.15, -0.1) is 0 Å². The molecule has 98 valence electrons. The van der Waals surface area contributed by atoms with Gasteiger partial charge in [-0.05, 0) is 18.6 Å². The molecule has 2 aromatic carbocycles. The normalized spacial score (nSPS) is 10.5. The van der Waals surface area contributed by atoms with E-state index in [1.807, 2.05) is 0 Å². The van der Waals surface area contributed by atoms with Crippen LogP contribution in [0.15, 0.2) is 30.3 Å². The van der Waals surface area contributed by atoms with Crippen molar-refractivity contribution >= 4 is 11.5 Å². The number of hydrogen-bond donors (Lipinski definition) is 1. The fraction of sp³-hybridized carbons (Fsp3) is 0.0714. The molecule has 0 amide bonds. The zero-order valence-corrected chi connectivity index (χ0v) is 10.0. The van der Waals surface area contributed by atoms with Gasteiger partial charge in [0.25, 0.3) is 0 Å². The van der Waals surface area contributed by atoms with E-state index in [9.17, 15) is 18.0 Å². The summed E-state index contributed by atoms with van der Waals surface area (Å²) in [5.74, 6) is -4.47. The molecule has 2 rings (SSSR count). The van der Waals surface area contributed by atoms with Crippen molar-refractivity contribution in [2.45, 2.75) is 6.92 Å². The quantitative estimate of drug-likeness (QED) is 0.669. The Bertz CT molecular complexity index is 624. The SMILES string of the molecule is Cc1cccc(N)c1C(=O)c1c(F)cc(F)cc1F. The van der Waals surface area contributed by atoms with E-state index in [2.05, 4.69) is 0 Å². The molecule has 0 aliphatic rings. The molecule has 0 unspecified atom stereocenters. The van der Waals surface area contributed by atoms with E-state index >= 15 is 0 Å². The van der Waals surface area contributed by atoms with Gasteiger partial charge in [-0.2, -0.15) is 0 Å². The first-order chi connectivity index (χ1) is 8.91. The summed E-state index contributed by atoms with van der Waals surface area (Å²) in [7, 11) is 0. The molecule has 19 heavy (non-hydrogen) atoms. The van der Waals surface area contributed by atoms with Crippen LogP contribution in [0.2, 0.25) is 0 Å². The average Bonchev–Trinajstić information content (AvgIpc) is 2.26. The highest BCUT2D eigenvalue weighted by Gasteiger charge is 2.23.